The number of nitrogens with zero attached hydrogens (tertiary/aromatic N) is 2. The second-order valence-corrected chi connectivity index (χ2v) is 8.18. The van der Waals surface area contributed by atoms with E-state index in [1.54, 1.807) is 19.1 Å². The van der Waals surface area contributed by atoms with Crippen LogP contribution in [-0.2, 0) is 10.0 Å². The molecule has 0 aliphatic heterocycles. The Morgan fingerprint density at radius 3 is 2.79 bits per heavy atom. The zero-order chi connectivity index (χ0) is 17.5. The maximum Gasteiger partial charge on any atom is 0.336 e. The minimum absolute atomic E-state index is 0.0326. The van der Waals surface area contributed by atoms with Gasteiger partial charge in [-0.1, -0.05) is 31.2 Å². The van der Waals surface area contributed by atoms with E-state index < -0.39 is 20.7 Å². The highest BCUT2D eigenvalue weighted by molar-refractivity contribution is 7.91. The number of hydrogen-bond acceptors (Lipinski definition) is 4. The lowest BCUT2D eigenvalue weighted by Gasteiger charge is -2.34. The van der Waals surface area contributed by atoms with Crippen LogP contribution in [0.1, 0.15) is 30.6 Å². The normalized spacial score (nSPS) is 23.7. The summed E-state index contributed by atoms with van der Waals surface area (Å²) in [5.41, 5.74) is 0.166. The first-order valence-corrected chi connectivity index (χ1v) is 9.07. The Labute approximate surface area is 140 Å². The van der Waals surface area contributed by atoms with Crippen molar-refractivity contribution in [2.75, 3.05) is 0 Å². The molecule has 3 rings (SSSR count). The summed E-state index contributed by atoms with van der Waals surface area (Å²) in [7, 11) is -3.83. The van der Waals surface area contributed by atoms with Gasteiger partial charge in [0.2, 0.25) is 10.0 Å². The molecule has 0 saturated carbocycles. The molecule has 2 heterocycles. The molecular formula is C17H18N2O4S. The number of aromatic nitrogens is 2. The van der Waals surface area contributed by atoms with Crippen molar-refractivity contribution in [1.29, 1.82) is 0 Å². The van der Waals surface area contributed by atoms with Crippen molar-refractivity contribution < 1.29 is 18.3 Å². The number of carbonyl (C=O) groups is 1. The second-order valence-electron chi connectivity index (χ2n) is 5.96. The first kappa shape index (κ1) is 16.4. The topological polar surface area (TPSA) is 89.3 Å². The van der Waals surface area contributed by atoms with Gasteiger partial charge in [-0.3, -0.25) is 0 Å². The molecule has 24 heavy (non-hydrogen) atoms. The second kappa shape index (κ2) is 5.59. The average Bonchev–Trinajstić information content (AvgIpc) is 2.99. The van der Waals surface area contributed by atoms with Crippen LogP contribution in [0.3, 0.4) is 0 Å². The minimum atomic E-state index is -3.83. The molecule has 2 aromatic rings. The monoisotopic (exact) mass is 346 g/mol. The molecular weight excluding hydrogens is 328 g/mol. The lowest BCUT2D eigenvalue weighted by molar-refractivity contribution is 0.0699. The number of fused-ring (bicyclic) bond motifs is 1. The Bertz CT molecular complexity index is 972. The number of hydrogen-bond donors (Lipinski definition) is 1. The van der Waals surface area contributed by atoms with E-state index in [1.807, 2.05) is 19.1 Å². The van der Waals surface area contributed by atoms with Gasteiger partial charge in [-0.05, 0) is 25.5 Å². The van der Waals surface area contributed by atoms with E-state index in [9.17, 15) is 18.3 Å². The summed E-state index contributed by atoms with van der Waals surface area (Å²) < 4.78 is 26.6. The van der Waals surface area contributed by atoms with Gasteiger partial charge in [-0.2, -0.15) is 0 Å². The Morgan fingerprint density at radius 1 is 1.38 bits per heavy atom. The highest BCUT2D eigenvalue weighted by Gasteiger charge is 2.44. The number of carboxylic acid groups (broad SMARTS) is 1. The van der Waals surface area contributed by atoms with Gasteiger partial charge in [0.25, 0.3) is 0 Å². The van der Waals surface area contributed by atoms with Crippen molar-refractivity contribution >= 4 is 27.0 Å². The molecule has 0 aromatic carbocycles. The van der Waals surface area contributed by atoms with Crippen molar-refractivity contribution in [3.8, 4) is 0 Å². The Morgan fingerprint density at radius 2 is 2.12 bits per heavy atom. The summed E-state index contributed by atoms with van der Waals surface area (Å²) in [6, 6.07) is 2.84. The van der Waals surface area contributed by atoms with Gasteiger partial charge in [-0.25, -0.2) is 22.2 Å². The third kappa shape index (κ3) is 2.19. The molecule has 1 aliphatic rings. The fraction of sp³-hybridized carbons (Fsp3) is 0.294. The molecule has 6 nitrogen and oxygen atoms in total. The molecule has 0 spiro atoms. The Hall–Kier alpha value is -2.41. The molecule has 2 unspecified atom stereocenters. The van der Waals surface area contributed by atoms with Crippen molar-refractivity contribution in [2.45, 2.75) is 25.0 Å². The third-order valence-corrected chi connectivity index (χ3v) is 7.02. The van der Waals surface area contributed by atoms with Crippen molar-refractivity contribution in [2.24, 2.45) is 5.92 Å². The van der Waals surface area contributed by atoms with Gasteiger partial charge in [0, 0.05) is 23.7 Å². The van der Waals surface area contributed by atoms with Gasteiger partial charge >= 0.3 is 5.97 Å². The first-order valence-electron chi connectivity index (χ1n) is 7.63. The molecule has 7 heteroatoms. The molecule has 0 radical (unpaired) electrons. The fourth-order valence-electron chi connectivity index (χ4n) is 3.19. The number of carboxylic acids is 1. The van der Waals surface area contributed by atoms with E-state index in [1.165, 1.54) is 24.5 Å². The molecule has 0 saturated heterocycles. The van der Waals surface area contributed by atoms with Crippen molar-refractivity contribution in [3.63, 3.8) is 0 Å². The lowest BCUT2D eigenvalue weighted by Crippen LogP contribution is -2.44. The standard InChI is InChI=1S/C17H18N2O4S/c1-3-12-6-4-5-9-17(12,2)24(22,23)19-11-8-13-14(16(20)21)7-10-18-15(13)19/h4-12H,3H2,1-2H3,(H,20,21). The van der Waals surface area contributed by atoms with Gasteiger partial charge in [0.15, 0.2) is 5.65 Å². The zero-order valence-corrected chi connectivity index (χ0v) is 14.2. The van der Waals surface area contributed by atoms with Crippen LogP contribution in [0, 0.1) is 5.92 Å². The number of pyridine rings is 1. The van der Waals surface area contributed by atoms with Crippen molar-refractivity contribution in [3.05, 3.63) is 54.4 Å². The average molecular weight is 346 g/mol. The van der Waals surface area contributed by atoms with Gasteiger partial charge < -0.3 is 5.11 Å². The van der Waals surface area contributed by atoms with Crippen LogP contribution in [0.4, 0.5) is 0 Å². The summed E-state index contributed by atoms with van der Waals surface area (Å²) in [6.07, 6.45) is 10.5. The highest BCUT2D eigenvalue weighted by atomic mass is 32.2. The number of rotatable bonds is 4. The van der Waals surface area contributed by atoms with Crippen LogP contribution >= 0.6 is 0 Å². The van der Waals surface area contributed by atoms with Crippen LogP contribution in [0.2, 0.25) is 0 Å². The SMILES string of the molecule is CCC1C=CC=CC1(C)S(=O)(=O)n1ccc2c(C(=O)O)ccnc21. The Kier molecular flexibility index (Phi) is 3.83. The first-order chi connectivity index (χ1) is 11.3. The number of allylic oxidation sites excluding steroid dienone is 3. The molecule has 1 aliphatic carbocycles. The van der Waals surface area contributed by atoms with E-state index in [4.69, 9.17) is 0 Å². The maximum absolute atomic E-state index is 13.3. The smallest absolute Gasteiger partial charge is 0.336 e. The van der Waals surface area contributed by atoms with E-state index in [2.05, 4.69) is 4.98 Å². The van der Waals surface area contributed by atoms with Gasteiger partial charge in [-0.15, -0.1) is 0 Å². The van der Waals surface area contributed by atoms with Gasteiger partial charge in [0.05, 0.1) is 5.56 Å². The number of aromatic carboxylic acids is 1. The summed E-state index contributed by atoms with van der Waals surface area (Å²) in [6.45, 7) is 3.62. The van der Waals surface area contributed by atoms with E-state index in [0.29, 0.717) is 11.8 Å². The van der Waals surface area contributed by atoms with Crippen LogP contribution in [0.15, 0.2) is 48.8 Å². The molecule has 0 fully saturated rings. The van der Waals surface area contributed by atoms with E-state index in [0.717, 1.165) is 3.97 Å². The summed E-state index contributed by atoms with van der Waals surface area (Å²) in [4.78, 5) is 15.4. The van der Waals surface area contributed by atoms with E-state index >= 15 is 0 Å². The maximum atomic E-state index is 13.3. The summed E-state index contributed by atoms with van der Waals surface area (Å²) in [5, 5.41) is 9.57. The van der Waals surface area contributed by atoms with Crippen LogP contribution in [0.5, 0.6) is 0 Å². The summed E-state index contributed by atoms with van der Waals surface area (Å²) >= 11 is 0. The largest absolute Gasteiger partial charge is 0.478 e. The molecule has 1 N–H and O–H groups in total. The van der Waals surface area contributed by atoms with Crippen molar-refractivity contribution in [1.82, 2.24) is 8.96 Å². The highest BCUT2D eigenvalue weighted by Crippen LogP contribution is 2.37. The fourth-order valence-corrected chi connectivity index (χ4v) is 5.08. The minimum Gasteiger partial charge on any atom is -0.478 e. The predicted octanol–water partition coefficient (Wildman–Crippen LogP) is 2.82. The zero-order valence-electron chi connectivity index (χ0n) is 13.4. The van der Waals surface area contributed by atoms with Crippen LogP contribution < -0.4 is 0 Å². The molecule has 2 atom stereocenters. The molecule has 126 valence electrons. The van der Waals surface area contributed by atoms with Gasteiger partial charge in [0.1, 0.15) is 4.75 Å². The predicted molar refractivity (Wildman–Crippen MR) is 91.5 cm³/mol. The molecule has 2 aromatic heterocycles. The molecule has 0 bridgehead atoms. The Balaban J connectivity index is 2.23. The van der Waals surface area contributed by atoms with Crippen LogP contribution in [0.25, 0.3) is 11.0 Å². The molecule has 0 amide bonds. The third-order valence-electron chi connectivity index (χ3n) is 4.66. The van der Waals surface area contributed by atoms with Crippen LogP contribution in [-0.4, -0.2) is 33.2 Å². The summed E-state index contributed by atoms with van der Waals surface area (Å²) in [5.74, 6) is -1.29. The lowest BCUT2D eigenvalue weighted by atomic mass is 9.87. The quantitative estimate of drug-likeness (QED) is 0.919. The van der Waals surface area contributed by atoms with E-state index in [-0.39, 0.29) is 17.1 Å².